The first-order valence-corrected chi connectivity index (χ1v) is 6.13. The van der Waals surface area contributed by atoms with Gasteiger partial charge in [-0.2, -0.15) is 0 Å². The molecule has 2 aromatic rings. The molecule has 1 N–H and O–H groups in total. The summed E-state index contributed by atoms with van der Waals surface area (Å²) < 4.78 is 0. The van der Waals surface area contributed by atoms with E-state index in [4.69, 9.17) is 0 Å². The number of carbonyl (C=O) groups is 2. The largest absolute Gasteiger partial charge is 0.325 e. The Morgan fingerprint density at radius 2 is 1.75 bits per heavy atom. The summed E-state index contributed by atoms with van der Waals surface area (Å²) in [5, 5.41) is 2.74. The number of hydrogen-bond acceptors (Lipinski definition) is 2. The maximum Gasteiger partial charge on any atom is 0.221 e. The van der Waals surface area contributed by atoms with Gasteiger partial charge in [-0.15, -0.1) is 0 Å². The molecule has 0 radical (unpaired) electrons. The summed E-state index contributed by atoms with van der Waals surface area (Å²) in [6.07, 6.45) is 0.795. The van der Waals surface area contributed by atoms with Crippen molar-refractivity contribution >= 4 is 17.9 Å². The number of rotatable bonds is 2. The first-order chi connectivity index (χ1) is 9.69. The molecule has 0 fully saturated rings. The van der Waals surface area contributed by atoms with Crippen LogP contribution in [-0.4, -0.2) is 12.2 Å². The van der Waals surface area contributed by atoms with Gasteiger partial charge in [-0.25, -0.2) is 0 Å². The molecule has 0 bridgehead atoms. The van der Waals surface area contributed by atoms with Gasteiger partial charge in [0.1, 0.15) is 6.29 Å². The number of nitrogens with one attached hydrogen (secondary N) is 1. The van der Waals surface area contributed by atoms with Crippen molar-refractivity contribution in [2.45, 2.75) is 6.92 Å². The van der Waals surface area contributed by atoms with Gasteiger partial charge < -0.3 is 5.32 Å². The normalized spacial score (nSPS) is 9.25. The van der Waals surface area contributed by atoms with E-state index in [0.29, 0.717) is 11.3 Å². The first-order valence-electron chi connectivity index (χ1n) is 6.13. The topological polar surface area (TPSA) is 46.2 Å². The lowest BCUT2D eigenvalue weighted by atomic mass is 10.1. The van der Waals surface area contributed by atoms with Gasteiger partial charge >= 0.3 is 0 Å². The molecule has 0 atom stereocenters. The average Bonchev–Trinajstić information content (AvgIpc) is 2.46. The second kappa shape index (κ2) is 6.35. The lowest BCUT2D eigenvalue weighted by Gasteiger charge is -2.03. The van der Waals surface area contributed by atoms with Gasteiger partial charge in [0.2, 0.25) is 5.91 Å². The van der Waals surface area contributed by atoms with E-state index in [1.807, 2.05) is 18.2 Å². The van der Waals surface area contributed by atoms with Crippen molar-refractivity contribution in [2.75, 3.05) is 5.32 Å². The zero-order valence-corrected chi connectivity index (χ0v) is 11.0. The number of benzene rings is 2. The molecule has 0 aliphatic rings. The van der Waals surface area contributed by atoms with Gasteiger partial charge in [0, 0.05) is 23.6 Å². The van der Waals surface area contributed by atoms with Crippen molar-refractivity contribution < 1.29 is 9.59 Å². The Morgan fingerprint density at radius 3 is 2.40 bits per heavy atom. The number of hydrogen-bond donors (Lipinski definition) is 1. The summed E-state index contributed by atoms with van der Waals surface area (Å²) in [7, 11) is 0. The molecular weight excluding hydrogens is 250 g/mol. The highest BCUT2D eigenvalue weighted by molar-refractivity contribution is 5.90. The molecule has 0 aliphatic carbocycles. The molecule has 0 aromatic heterocycles. The van der Waals surface area contributed by atoms with Crippen molar-refractivity contribution in [3.05, 3.63) is 65.2 Å². The van der Waals surface area contributed by atoms with Gasteiger partial charge in [0.25, 0.3) is 0 Å². The monoisotopic (exact) mass is 263 g/mol. The summed E-state index contributed by atoms with van der Waals surface area (Å²) in [5.41, 5.74) is 2.88. The lowest BCUT2D eigenvalue weighted by molar-refractivity contribution is -0.114. The fraction of sp³-hybridized carbons (Fsp3) is 0.0588. The minimum atomic E-state index is -0.130. The highest BCUT2D eigenvalue weighted by atomic mass is 16.1. The predicted octanol–water partition coefficient (Wildman–Crippen LogP) is 2.86. The molecule has 2 rings (SSSR count). The molecule has 98 valence electrons. The fourth-order valence-electron chi connectivity index (χ4n) is 1.68. The van der Waals surface area contributed by atoms with E-state index < -0.39 is 0 Å². The molecule has 2 aromatic carbocycles. The second-order valence-electron chi connectivity index (χ2n) is 4.22. The maximum absolute atomic E-state index is 11.1. The van der Waals surface area contributed by atoms with Crippen molar-refractivity contribution in [2.24, 2.45) is 0 Å². The molecule has 0 saturated carbocycles. The van der Waals surface area contributed by atoms with Crippen LogP contribution in [0.5, 0.6) is 0 Å². The first kappa shape index (κ1) is 13.6. The van der Waals surface area contributed by atoms with Crippen LogP contribution in [-0.2, 0) is 4.79 Å². The second-order valence-corrected chi connectivity index (χ2v) is 4.22. The summed E-state index contributed by atoms with van der Waals surface area (Å²) in [6, 6.07) is 14.4. The summed E-state index contributed by atoms with van der Waals surface area (Å²) in [6.45, 7) is 1.46. The number of carbonyl (C=O) groups excluding carboxylic acids is 2. The Kier molecular flexibility index (Phi) is 4.31. The lowest BCUT2D eigenvalue weighted by Crippen LogP contribution is -2.06. The molecule has 0 spiro atoms. The van der Waals surface area contributed by atoms with E-state index in [9.17, 15) is 9.59 Å². The Labute approximate surface area is 117 Å². The van der Waals surface area contributed by atoms with Crippen LogP contribution in [0.1, 0.15) is 28.4 Å². The van der Waals surface area contributed by atoms with Crippen LogP contribution in [0.15, 0.2) is 48.5 Å². The molecule has 0 saturated heterocycles. The molecular formula is C17H13NO2. The molecule has 3 heteroatoms. The quantitative estimate of drug-likeness (QED) is 0.669. The standard InChI is InChI=1S/C17H13NO2/c1-13(20)18-17-5-3-2-4-16(17)11-10-14-6-8-15(12-19)9-7-14/h2-9,12H,1H3,(H,18,20). The fourth-order valence-corrected chi connectivity index (χ4v) is 1.68. The van der Waals surface area contributed by atoms with E-state index in [1.54, 1.807) is 30.3 Å². The molecule has 0 unspecified atom stereocenters. The predicted molar refractivity (Wildman–Crippen MR) is 78.6 cm³/mol. The van der Waals surface area contributed by atoms with E-state index >= 15 is 0 Å². The minimum absolute atomic E-state index is 0.130. The van der Waals surface area contributed by atoms with Gasteiger partial charge in [-0.3, -0.25) is 9.59 Å². The SMILES string of the molecule is CC(=O)Nc1ccccc1C#Cc1ccc(C=O)cc1. The molecule has 20 heavy (non-hydrogen) atoms. The van der Waals surface area contributed by atoms with Crippen LogP contribution < -0.4 is 5.32 Å². The molecule has 0 heterocycles. The van der Waals surface area contributed by atoms with E-state index in [0.717, 1.165) is 17.4 Å². The van der Waals surface area contributed by atoms with Crippen LogP contribution in [0.3, 0.4) is 0 Å². The molecule has 1 amide bonds. The number of anilines is 1. The summed E-state index contributed by atoms with van der Waals surface area (Å²) in [4.78, 5) is 21.7. The van der Waals surface area contributed by atoms with Crippen LogP contribution in [0.2, 0.25) is 0 Å². The van der Waals surface area contributed by atoms with Crippen molar-refractivity contribution in [3.8, 4) is 11.8 Å². The Balaban J connectivity index is 2.27. The minimum Gasteiger partial charge on any atom is -0.325 e. The molecule has 3 nitrogen and oxygen atoms in total. The third kappa shape index (κ3) is 3.56. The third-order valence-electron chi connectivity index (χ3n) is 2.63. The van der Waals surface area contributed by atoms with E-state index in [2.05, 4.69) is 17.2 Å². The van der Waals surface area contributed by atoms with E-state index in [1.165, 1.54) is 6.92 Å². The number of para-hydroxylation sites is 1. The maximum atomic E-state index is 11.1. The summed E-state index contributed by atoms with van der Waals surface area (Å²) >= 11 is 0. The smallest absolute Gasteiger partial charge is 0.221 e. The number of aldehydes is 1. The highest BCUT2D eigenvalue weighted by Crippen LogP contribution is 2.13. The van der Waals surface area contributed by atoms with Gasteiger partial charge in [0.15, 0.2) is 0 Å². The number of amides is 1. The molecule has 0 aliphatic heterocycles. The van der Waals surface area contributed by atoms with Crippen LogP contribution in [0, 0.1) is 11.8 Å². The van der Waals surface area contributed by atoms with Crippen molar-refractivity contribution in [3.63, 3.8) is 0 Å². The van der Waals surface area contributed by atoms with Crippen molar-refractivity contribution in [1.29, 1.82) is 0 Å². The average molecular weight is 263 g/mol. The van der Waals surface area contributed by atoms with Crippen LogP contribution >= 0.6 is 0 Å². The van der Waals surface area contributed by atoms with Gasteiger partial charge in [0.05, 0.1) is 5.69 Å². The third-order valence-corrected chi connectivity index (χ3v) is 2.63. The van der Waals surface area contributed by atoms with Gasteiger partial charge in [-0.1, -0.05) is 36.1 Å². The Bertz CT molecular complexity index is 691. The van der Waals surface area contributed by atoms with Crippen molar-refractivity contribution in [1.82, 2.24) is 0 Å². The van der Waals surface area contributed by atoms with Crippen LogP contribution in [0.25, 0.3) is 0 Å². The Hall–Kier alpha value is -2.86. The van der Waals surface area contributed by atoms with E-state index in [-0.39, 0.29) is 5.91 Å². The zero-order valence-electron chi connectivity index (χ0n) is 11.0. The Morgan fingerprint density at radius 1 is 1.05 bits per heavy atom. The summed E-state index contributed by atoms with van der Waals surface area (Å²) in [5.74, 6) is 5.90. The van der Waals surface area contributed by atoms with Crippen LogP contribution in [0.4, 0.5) is 5.69 Å². The van der Waals surface area contributed by atoms with Gasteiger partial charge in [-0.05, 0) is 24.3 Å². The zero-order chi connectivity index (χ0) is 14.4. The highest BCUT2D eigenvalue weighted by Gasteiger charge is 2.00.